The number of anilines is 1. The van der Waals surface area contributed by atoms with Crippen LogP contribution in [0.1, 0.15) is 65.0 Å². The number of carbonyl (C=O) groups is 3. The van der Waals surface area contributed by atoms with Gasteiger partial charge in [-0.25, -0.2) is 0 Å². The SMILES string of the molecule is CCC(=O)NC1(c2[c]cc(C(C)C)cc2)C(=O)c2cccc(N)c2C1=O. The van der Waals surface area contributed by atoms with E-state index >= 15 is 0 Å². The van der Waals surface area contributed by atoms with E-state index in [-0.39, 0.29) is 35.1 Å². The number of hydrogen-bond donors (Lipinski definition) is 2. The van der Waals surface area contributed by atoms with Gasteiger partial charge in [0.2, 0.25) is 17.5 Å². The summed E-state index contributed by atoms with van der Waals surface area (Å²) >= 11 is 0. The molecule has 5 nitrogen and oxygen atoms in total. The summed E-state index contributed by atoms with van der Waals surface area (Å²) in [6, 6.07) is 13.1. The molecular formula is C21H21N2O3. The highest BCUT2D eigenvalue weighted by molar-refractivity contribution is 6.35. The molecule has 1 aliphatic rings. The van der Waals surface area contributed by atoms with E-state index in [0.717, 1.165) is 5.56 Å². The van der Waals surface area contributed by atoms with Crippen LogP contribution < -0.4 is 11.1 Å². The molecule has 26 heavy (non-hydrogen) atoms. The van der Waals surface area contributed by atoms with Crippen molar-refractivity contribution in [1.29, 1.82) is 0 Å². The minimum absolute atomic E-state index is 0.151. The predicted octanol–water partition coefficient (Wildman–Crippen LogP) is 2.99. The van der Waals surface area contributed by atoms with Crippen molar-refractivity contribution < 1.29 is 14.4 Å². The Hall–Kier alpha value is -2.95. The molecule has 0 fully saturated rings. The summed E-state index contributed by atoms with van der Waals surface area (Å²) in [4.78, 5) is 38.7. The first-order valence-corrected chi connectivity index (χ1v) is 8.64. The molecule has 2 aromatic rings. The second kappa shape index (κ2) is 6.41. The third-order valence-corrected chi connectivity index (χ3v) is 4.81. The quantitative estimate of drug-likeness (QED) is 0.656. The van der Waals surface area contributed by atoms with Crippen LogP contribution in [-0.4, -0.2) is 17.5 Å². The summed E-state index contributed by atoms with van der Waals surface area (Å²) in [6.45, 7) is 5.75. The lowest BCUT2D eigenvalue weighted by atomic mass is 9.83. The first kappa shape index (κ1) is 17.9. The van der Waals surface area contributed by atoms with Crippen molar-refractivity contribution in [2.45, 2.75) is 38.6 Å². The zero-order chi connectivity index (χ0) is 19.1. The highest BCUT2D eigenvalue weighted by atomic mass is 16.2. The van der Waals surface area contributed by atoms with Crippen molar-refractivity contribution in [3.8, 4) is 0 Å². The van der Waals surface area contributed by atoms with Gasteiger partial charge < -0.3 is 11.1 Å². The molecule has 133 valence electrons. The van der Waals surface area contributed by atoms with E-state index < -0.39 is 17.1 Å². The van der Waals surface area contributed by atoms with E-state index in [1.807, 2.05) is 19.9 Å². The van der Waals surface area contributed by atoms with E-state index in [2.05, 4.69) is 11.4 Å². The molecule has 0 aromatic heterocycles. The van der Waals surface area contributed by atoms with Crippen molar-refractivity contribution in [2.24, 2.45) is 0 Å². The number of nitrogen functional groups attached to an aromatic ring is 1. The Labute approximate surface area is 152 Å². The molecule has 0 bridgehead atoms. The van der Waals surface area contributed by atoms with Gasteiger partial charge in [0, 0.05) is 23.2 Å². The first-order valence-electron chi connectivity index (χ1n) is 8.64. The summed E-state index contributed by atoms with van der Waals surface area (Å²) < 4.78 is 0. The number of carbonyl (C=O) groups excluding carboxylic acids is 3. The molecule has 1 unspecified atom stereocenters. The molecule has 1 atom stereocenters. The molecule has 3 N–H and O–H groups in total. The fraction of sp³-hybridized carbons (Fsp3) is 0.286. The number of hydrogen-bond acceptors (Lipinski definition) is 4. The van der Waals surface area contributed by atoms with Crippen LogP contribution in [0.5, 0.6) is 0 Å². The van der Waals surface area contributed by atoms with Crippen LogP contribution in [0.15, 0.2) is 36.4 Å². The minimum atomic E-state index is -1.81. The number of rotatable bonds is 4. The maximum atomic E-state index is 13.3. The van der Waals surface area contributed by atoms with Crippen LogP contribution in [0, 0.1) is 6.07 Å². The zero-order valence-electron chi connectivity index (χ0n) is 15.1. The molecule has 0 aliphatic heterocycles. The van der Waals surface area contributed by atoms with Crippen molar-refractivity contribution >= 4 is 23.2 Å². The third-order valence-electron chi connectivity index (χ3n) is 4.81. The second-order valence-corrected chi connectivity index (χ2v) is 6.77. The number of fused-ring (bicyclic) bond motifs is 1. The molecular weight excluding hydrogens is 328 g/mol. The van der Waals surface area contributed by atoms with Crippen molar-refractivity contribution in [2.75, 3.05) is 5.73 Å². The molecule has 1 amide bonds. The zero-order valence-corrected chi connectivity index (χ0v) is 15.1. The van der Waals surface area contributed by atoms with Gasteiger partial charge in [-0.1, -0.05) is 51.1 Å². The highest BCUT2D eigenvalue weighted by Crippen LogP contribution is 2.40. The van der Waals surface area contributed by atoms with Gasteiger partial charge in [0.25, 0.3) is 0 Å². The predicted molar refractivity (Wildman–Crippen MR) is 99.0 cm³/mol. The van der Waals surface area contributed by atoms with Gasteiger partial charge in [-0.3, -0.25) is 14.4 Å². The third kappa shape index (κ3) is 2.51. The lowest BCUT2D eigenvalue weighted by Gasteiger charge is -2.28. The maximum Gasteiger partial charge on any atom is 0.221 e. The largest absolute Gasteiger partial charge is 0.398 e. The summed E-state index contributed by atoms with van der Waals surface area (Å²) in [5.41, 5.74) is 6.13. The Morgan fingerprint density at radius 2 is 1.92 bits per heavy atom. The van der Waals surface area contributed by atoms with E-state index in [4.69, 9.17) is 5.73 Å². The smallest absolute Gasteiger partial charge is 0.221 e. The molecule has 0 spiro atoms. The van der Waals surface area contributed by atoms with E-state index in [9.17, 15) is 14.4 Å². The Kier molecular flexibility index (Phi) is 4.40. The molecule has 0 heterocycles. The monoisotopic (exact) mass is 349 g/mol. The maximum absolute atomic E-state index is 13.3. The van der Waals surface area contributed by atoms with E-state index in [1.165, 1.54) is 0 Å². The Morgan fingerprint density at radius 1 is 1.19 bits per heavy atom. The highest BCUT2D eigenvalue weighted by Gasteiger charge is 2.56. The fourth-order valence-electron chi connectivity index (χ4n) is 3.26. The van der Waals surface area contributed by atoms with Crippen LogP contribution in [0.25, 0.3) is 0 Å². The Morgan fingerprint density at radius 3 is 2.46 bits per heavy atom. The number of Topliss-reactive ketones (excluding diaryl/α,β-unsaturated/α-hetero) is 2. The number of amides is 1. The fourth-order valence-corrected chi connectivity index (χ4v) is 3.26. The minimum Gasteiger partial charge on any atom is -0.398 e. The van der Waals surface area contributed by atoms with Gasteiger partial charge in [0.05, 0.1) is 5.56 Å². The number of benzene rings is 2. The van der Waals surface area contributed by atoms with E-state index in [1.54, 1.807) is 37.3 Å². The van der Waals surface area contributed by atoms with Gasteiger partial charge in [-0.2, -0.15) is 0 Å². The van der Waals surface area contributed by atoms with Crippen molar-refractivity contribution in [3.63, 3.8) is 0 Å². The number of ketones is 2. The normalized spacial score (nSPS) is 18.9. The summed E-state index contributed by atoms with van der Waals surface area (Å²) in [7, 11) is 0. The Bertz CT molecular complexity index is 900. The average molecular weight is 349 g/mol. The van der Waals surface area contributed by atoms with Crippen LogP contribution in [0.3, 0.4) is 0 Å². The molecule has 3 rings (SSSR count). The summed E-state index contributed by atoms with van der Waals surface area (Å²) in [5.74, 6) is -1.09. The van der Waals surface area contributed by atoms with Crippen LogP contribution in [0.4, 0.5) is 5.69 Å². The van der Waals surface area contributed by atoms with Gasteiger partial charge in [0.1, 0.15) is 0 Å². The van der Waals surface area contributed by atoms with Crippen LogP contribution in [-0.2, 0) is 10.3 Å². The second-order valence-electron chi connectivity index (χ2n) is 6.77. The average Bonchev–Trinajstić information content (AvgIpc) is 2.85. The van der Waals surface area contributed by atoms with E-state index in [0.29, 0.717) is 5.56 Å². The number of nitrogens with one attached hydrogen (secondary N) is 1. The summed E-state index contributed by atoms with van der Waals surface area (Å²) in [5, 5.41) is 2.66. The molecule has 0 saturated heterocycles. The summed E-state index contributed by atoms with van der Waals surface area (Å²) in [6.07, 6.45) is 0.151. The standard InChI is InChI=1S/C21H21N2O3/c1-4-17(24)23-21(14-10-8-13(9-11-14)12(2)3)19(25)15-6-5-7-16(22)18(15)20(21)26/h5-10,12H,4,22H2,1-3H3,(H,23,24). The first-order chi connectivity index (χ1) is 12.3. The molecule has 2 aromatic carbocycles. The topological polar surface area (TPSA) is 89.3 Å². The lowest BCUT2D eigenvalue weighted by Crippen LogP contribution is -2.54. The van der Waals surface area contributed by atoms with Crippen LogP contribution in [0.2, 0.25) is 0 Å². The van der Waals surface area contributed by atoms with Crippen LogP contribution >= 0.6 is 0 Å². The molecule has 1 radical (unpaired) electrons. The van der Waals surface area contributed by atoms with Crippen molar-refractivity contribution in [3.05, 3.63) is 64.7 Å². The Balaban J connectivity index is 2.21. The van der Waals surface area contributed by atoms with Gasteiger partial charge in [-0.15, -0.1) is 0 Å². The van der Waals surface area contributed by atoms with Gasteiger partial charge in [0.15, 0.2) is 5.54 Å². The van der Waals surface area contributed by atoms with Gasteiger partial charge >= 0.3 is 0 Å². The van der Waals surface area contributed by atoms with Gasteiger partial charge in [-0.05, 0) is 23.6 Å². The molecule has 0 saturated carbocycles. The number of nitrogens with two attached hydrogens (primary N) is 1. The molecule has 1 aliphatic carbocycles. The molecule has 5 heteroatoms. The van der Waals surface area contributed by atoms with Crippen molar-refractivity contribution in [1.82, 2.24) is 5.32 Å². The lowest BCUT2D eigenvalue weighted by molar-refractivity contribution is -0.122.